The third-order valence-corrected chi connectivity index (χ3v) is 4.64. The van der Waals surface area contributed by atoms with Crippen LogP contribution in [-0.4, -0.2) is 51.2 Å². The number of nitrogens with zero attached hydrogens (tertiary/aromatic N) is 4. The molecular formula is C19H18N4O3. The molecule has 0 bridgehead atoms. The van der Waals surface area contributed by atoms with Crippen molar-refractivity contribution in [2.45, 2.75) is 6.54 Å². The van der Waals surface area contributed by atoms with Crippen LogP contribution in [0, 0.1) is 11.3 Å². The van der Waals surface area contributed by atoms with Gasteiger partial charge in [-0.1, -0.05) is 6.07 Å². The van der Waals surface area contributed by atoms with Gasteiger partial charge in [-0.2, -0.15) is 9.99 Å². The first-order valence-corrected chi connectivity index (χ1v) is 8.39. The van der Waals surface area contributed by atoms with E-state index < -0.39 is 0 Å². The van der Waals surface area contributed by atoms with Crippen LogP contribution in [0.1, 0.15) is 11.1 Å². The van der Waals surface area contributed by atoms with Gasteiger partial charge in [0.25, 0.3) is 0 Å². The molecule has 1 aliphatic rings. The van der Waals surface area contributed by atoms with Gasteiger partial charge in [-0.05, 0) is 29.8 Å². The monoisotopic (exact) mass is 350 g/mol. The van der Waals surface area contributed by atoms with E-state index >= 15 is 0 Å². The Bertz CT molecular complexity index is 983. The maximum atomic E-state index is 10.3. The highest BCUT2D eigenvalue weighted by atomic mass is 16.5. The first kappa shape index (κ1) is 16.4. The van der Waals surface area contributed by atoms with Crippen LogP contribution in [0.3, 0.4) is 0 Å². The Hall–Kier alpha value is -3.08. The summed E-state index contributed by atoms with van der Waals surface area (Å²) in [6.45, 7) is 4.09. The van der Waals surface area contributed by atoms with E-state index in [0.717, 1.165) is 43.1 Å². The minimum atomic E-state index is -0.288. The fourth-order valence-corrected chi connectivity index (χ4v) is 3.27. The average Bonchev–Trinajstić information content (AvgIpc) is 2.93. The second kappa shape index (κ2) is 6.67. The molecule has 132 valence electrons. The van der Waals surface area contributed by atoms with Gasteiger partial charge >= 0.3 is 0 Å². The molecule has 0 unspecified atom stereocenters. The van der Waals surface area contributed by atoms with E-state index in [4.69, 9.17) is 10.00 Å². The van der Waals surface area contributed by atoms with Crippen LogP contribution in [-0.2, 0) is 11.3 Å². The molecule has 2 aromatic heterocycles. The summed E-state index contributed by atoms with van der Waals surface area (Å²) in [5.74, 6) is -0.288. The Morgan fingerprint density at radius 1 is 1.19 bits per heavy atom. The van der Waals surface area contributed by atoms with Crippen molar-refractivity contribution in [3.05, 3.63) is 47.7 Å². The van der Waals surface area contributed by atoms with Crippen LogP contribution < -0.4 is 0 Å². The number of morpholine rings is 1. The number of fused-ring (bicyclic) bond motifs is 1. The van der Waals surface area contributed by atoms with Gasteiger partial charge in [-0.25, -0.2) is 0 Å². The molecule has 1 fully saturated rings. The summed E-state index contributed by atoms with van der Waals surface area (Å²) in [6, 6.07) is 10.7. The molecule has 2 N–H and O–H groups in total. The van der Waals surface area contributed by atoms with Crippen LogP contribution in [0.4, 0.5) is 0 Å². The summed E-state index contributed by atoms with van der Waals surface area (Å²) >= 11 is 0. The molecule has 7 heteroatoms. The Morgan fingerprint density at radius 3 is 2.69 bits per heavy atom. The molecular weight excluding hydrogens is 332 g/mol. The van der Waals surface area contributed by atoms with Crippen LogP contribution in [0.2, 0.25) is 0 Å². The SMILES string of the molecule is N#Cc1ccc2c(c1)c(-c1ccc(CN3CCOCC3)cn1)c(O)n2O. The fourth-order valence-electron chi connectivity index (χ4n) is 3.27. The van der Waals surface area contributed by atoms with Crippen LogP contribution in [0.15, 0.2) is 36.5 Å². The second-order valence-corrected chi connectivity index (χ2v) is 6.29. The molecule has 0 atom stereocenters. The van der Waals surface area contributed by atoms with E-state index in [-0.39, 0.29) is 5.88 Å². The van der Waals surface area contributed by atoms with Gasteiger partial charge in [0.05, 0.1) is 41.6 Å². The van der Waals surface area contributed by atoms with Gasteiger partial charge in [-0.3, -0.25) is 9.88 Å². The summed E-state index contributed by atoms with van der Waals surface area (Å²) in [4.78, 5) is 6.77. The number of nitriles is 1. The molecule has 3 aromatic rings. The maximum Gasteiger partial charge on any atom is 0.235 e. The second-order valence-electron chi connectivity index (χ2n) is 6.29. The number of hydrogen-bond donors (Lipinski definition) is 2. The number of hydrogen-bond acceptors (Lipinski definition) is 6. The number of benzene rings is 1. The van der Waals surface area contributed by atoms with Crippen molar-refractivity contribution in [3.63, 3.8) is 0 Å². The lowest BCUT2D eigenvalue weighted by Gasteiger charge is -2.26. The number of pyridine rings is 1. The van der Waals surface area contributed by atoms with E-state index in [1.54, 1.807) is 24.4 Å². The zero-order chi connectivity index (χ0) is 18.1. The highest BCUT2D eigenvalue weighted by Crippen LogP contribution is 2.38. The summed E-state index contributed by atoms with van der Waals surface area (Å²) in [6.07, 6.45) is 1.78. The van der Waals surface area contributed by atoms with Crippen molar-refractivity contribution in [2.75, 3.05) is 26.3 Å². The summed E-state index contributed by atoms with van der Waals surface area (Å²) in [5.41, 5.74) is 2.91. The first-order chi connectivity index (χ1) is 12.7. The lowest BCUT2D eigenvalue weighted by Crippen LogP contribution is -2.35. The van der Waals surface area contributed by atoms with Gasteiger partial charge in [0, 0.05) is 31.2 Å². The maximum absolute atomic E-state index is 10.3. The number of ether oxygens (including phenoxy) is 1. The Kier molecular flexibility index (Phi) is 4.21. The summed E-state index contributed by atoms with van der Waals surface area (Å²) in [7, 11) is 0. The van der Waals surface area contributed by atoms with E-state index in [0.29, 0.717) is 27.7 Å². The largest absolute Gasteiger partial charge is 0.492 e. The van der Waals surface area contributed by atoms with Crippen molar-refractivity contribution in [3.8, 4) is 23.2 Å². The van der Waals surface area contributed by atoms with Gasteiger partial charge in [0.15, 0.2) is 0 Å². The predicted octanol–water partition coefficient (Wildman–Crippen LogP) is 2.35. The minimum Gasteiger partial charge on any atom is -0.492 e. The van der Waals surface area contributed by atoms with Gasteiger partial charge in [0.1, 0.15) is 0 Å². The third kappa shape index (κ3) is 2.86. The standard InChI is InChI=1S/C19H18N4O3/c20-10-13-2-4-17-15(9-13)18(19(24)23(17)25)16-3-1-14(11-21-16)12-22-5-7-26-8-6-22/h1-4,9,11,24-25H,5-8,12H2. The summed E-state index contributed by atoms with van der Waals surface area (Å²) in [5, 5.41) is 30.1. The molecule has 1 aliphatic heterocycles. The third-order valence-electron chi connectivity index (χ3n) is 4.64. The molecule has 1 aromatic carbocycles. The van der Waals surface area contributed by atoms with Crippen LogP contribution in [0.5, 0.6) is 5.88 Å². The normalized spacial score (nSPS) is 15.2. The molecule has 3 heterocycles. The number of rotatable bonds is 3. The lowest BCUT2D eigenvalue weighted by atomic mass is 10.1. The topological polar surface area (TPSA) is 94.5 Å². The molecule has 0 spiro atoms. The van der Waals surface area contributed by atoms with Gasteiger partial charge in [-0.15, -0.1) is 0 Å². The molecule has 0 saturated carbocycles. The minimum absolute atomic E-state index is 0.288. The van der Waals surface area contributed by atoms with Crippen molar-refractivity contribution in [2.24, 2.45) is 0 Å². The molecule has 0 aliphatic carbocycles. The quantitative estimate of drug-likeness (QED) is 0.704. The molecule has 0 amide bonds. The molecule has 7 nitrogen and oxygen atoms in total. The number of aromatic hydroxyl groups is 1. The lowest BCUT2D eigenvalue weighted by molar-refractivity contribution is 0.0341. The van der Waals surface area contributed by atoms with E-state index in [1.807, 2.05) is 12.1 Å². The number of aromatic nitrogens is 2. The first-order valence-electron chi connectivity index (χ1n) is 8.39. The zero-order valence-electron chi connectivity index (χ0n) is 14.1. The van der Waals surface area contributed by atoms with E-state index in [9.17, 15) is 10.3 Å². The highest BCUT2D eigenvalue weighted by molar-refractivity contribution is 5.99. The molecule has 4 rings (SSSR count). The van der Waals surface area contributed by atoms with Gasteiger partial charge in [0.2, 0.25) is 5.88 Å². The molecule has 26 heavy (non-hydrogen) atoms. The Morgan fingerprint density at radius 2 is 2.00 bits per heavy atom. The van der Waals surface area contributed by atoms with Crippen molar-refractivity contribution in [1.29, 1.82) is 5.26 Å². The van der Waals surface area contributed by atoms with Crippen molar-refractivity contribution < 1.29 is 15.1 Å². The summed E-state index contributed by atoms with van der Waals surface area (Å²) < 4.78 is 6.07. The fraction of sp³-hybridized carbons (Fsp3) is 0.263. The Labute approximate surface area is 150 Å². The van der Waals surface area contributed by atoms with E-state index in [1.165, 1.54) is 0 Å². The molecule has 1 saturated heterocycles. The van der Waals surface area contributed by atoms with Crippen LogP contribution in [0.25, 0.3) is 22.2 Å². The average molecular weight is 350 g/mol. The van der Waals surface area contributed by atoms with Crippen LogP contribution >= 0.6 is 0 Å². The molecule has 0 radical (unpaired) electrons. The smallest absolute Gasteiger partial charge is 0.235 e. The van der Waals surface area contributed by atoms with Crippen molar-refractivity contribution in [1.82, 2.24) is 14.6 Å². The predicted molar refractivity (Wildman–Crippen MR) is 94.8 cm³/mol. The Balaban J connectivity index is 1.69. The highest BCUT2D eigenvalue weighted by Gasteiger charge is 2.19. The van der Waals surface area contributed by atoms with Gasteiger partial charge < -0.3 is 15.1 Å². The van der Waals surface area contributed by atoms with E-state index in [2.05, 4.69) is 16.0 Å². The zero-order valence-corrected chi connectivity index (χ0v) is 14.1. The van der Waals surface area contributed by atoms with Crippen molar-refractivity contribution >= 4 is 10.9 Å².